The van der Waals surface area contributed by atoms with E-state index in [1.54, 1.807) is 35.6 Å². The summed E-state index contributed by atoms with van der Waals surface area (Å²) in [6.07, 6.45) is 7.86. The molecule has 3 aromatic rings. The van der Waals surface area contributed by atoms with Crippen molar-refractivity contribution in [3.8, 4) is 5.82 Å². The molecule has 1 aliphatic rings. The Bertz CT molecular complexity index is 842. The number of aryl methyl sites for hydroxylation is 1. The van der Waals surface area contributed by atoms with E-state index in [2.05, 4.69) is 38.7 Å². The summed E-state index contributed by atoms with van der Waals surface area (Å²) in [6.45, 7) is 0. The zero-order chi connectivity index (χ0) is 16.4. The average Bonchev–Trinajstić information content (AvgIpc) is 3.17. The second-order valence-corrected chi connectivity index (χ2v) is 5.89. The summed E-state index contributed by atoms with van der Waals surface area (Å²) in [6, 6.07) is 11.9. The van der Waals surface area contributed by atoms with Crippen LogP contribution in [-0.4, -0.2) is 25.7 Å². The molecule has 1 N–H and O–H groups in total. The fourth-order valence-electron chi connectivity index (χ4n) is 3.14. The number of hydrogen-bond donors (Lipinski definition) is 1. The number of carbonyl (C=O) groups excluding carboxylic acids is 1. The minimum Gasteiger partial charge on any atom is -0.345 e. The molecule has 0 radical (unpaired) electrons. The number of nitrogens with one attached hydrogen (secondary N) is 1. The van der Waals surface area contributed by atoms with Crippen LogP contribution < -0.4 is 5.32 Å². The maximum atomic E-state index is 12.5. The smallest absolute Gasteiger partial charge is 0.253 e. The maximum Gasteiger partial charge on any atom is 0.253 e. The Morgan fingerprint density at radius 3 is 2.75 bits per heavy atom. The van der Waals surface area contributed by atoms with Crippen molar-refractivity contribution in [2.24, 2.45) is 0 Å². The lowest BCUT2D eigenvalue weighted by atomic mass is 9.87. The van der Waals surface area contributed by atoms with E-state index in [1.807, 2.05) is 6.07 Å². The van der Waals surface area contributed by atoms with Gasteiger partial charge in [-0.15, -0.1) is 10.2 Å². The molecular weight excluding hydrogens is 302 g/mol. The third kappa shape index (κ3) is 2.78. The summed E-state index contributed by atoms with van der Waals surface area (Å²) in [5, 5.41) is 10.6. The average molecular weight is 319 g/mol. The Hall–Kier alpha value is -3.02. The van der Waals surface area contributed by atoms with Gasteiger partial charge in [-0.05, 0) is 42.5 Å². The standard InChI is InChI=1S/C18H17N5O/c24-18(14-8-9-17(19-10-14)23-11-20-21-12-23)22-16-7-3-5-13-4-1-2-6-15(13)16/h1-2,4,6,8-12,16H,3,5,7H2,(H,22,24). The molecule has 0 saturated carbocycles. The molecule has 6 nitrogen and oxygen atoms in total. The third-order valence-electron chi connectivity index (χ3n) is 4.37. The lowest BCUT2D eigenvalue weighted by Gasteiger charge is -2.26. The van der Waals surface area contributed by atoms with E-state index < -0.39 is 0 Å². The number of nitrogens with zero attached hydrogens (tertiary/aromatic N) is 4. The molecule has 0 fully saturated rings. The van der Waals surface area contributed by atoms with Gasteiger partial charge >= 0.3 is 0 Å². The summed E-state index contributed by atoms with van der Waals surface area (Å²) in [5.74, 6) is 0.582. The number of aromatic nitrogens is 4. The lowest BCUT2D eigenvalue weighted by molar-refractivity contribution is 0.0932. The van der Waals surface area contributed by atoms with Gasteiger partial charge < -0.3 is 5.32 Å². The second kappa shape index (κ2) is 6.23. The Morgan fingerprint density at radius 2 is 1.96 bits per heavy atom. The first-order valence-corrected chi connectivity index (χ1v) is 8.01. The highest BCUT2D eigenvalue weighted by atomic mass is 16.1. The molecule has 1 aliphatic carbocycles. The van der Waals surface area contributed by atoms with Crippen LogP contribution in [0, 0.1) is 0 Å². The van der Waals surface area contributed by atoms with E-state index in [1.165, 1.54) is 11.1 Å². The van der Waals surface area contributed by atoms with Crippen LogP contribution in [0.25, 0.3) is 5.82 Å². The van der Waals surface area contributed by atoms with E-state index in [-0.39, 0.29) is 11.9 Å². The molecule has 120 valence electrons. The summed E-state index contributed by atoms with van der Waals surface area (Å²) in [5.41, 5.74) is 3.11. The predicted octanol–water partition coefficient (Wildman–Crippen LogP) is 2.47. The van der Waals surface area contributed by atoms with Gasteiger partial charge in [0.05, 0.1) is 11.6 Å². The fourth-order valence-corrected chi connectivity index (χ4v) is 3.14. The molecule has 1 aromatic carbocycles. The molecule has 24 heavy (non-hydrogen) atoms. The second-order valence-electron chi connectivity index (χ2n) is 5.89. The molecule has 4 rings (SSSR count). The van der Waals surface area contributed by atoms with Gasteiger partial charge in [0.1, 0.15) is 18.5 Å². The molecule has 0 bridgehead atoms. The zero-order valence-electron chi connectivity index (χ0n) is 13.1. The van der Waals surface area contributed by atoms with Gasteiger partial charge in [-0.3, -0.25) is 9.36 Å². The highest BCUT2D eigenvalue weighted by molar-refractivity contribution is 5.94. The van der Waals surface area contributed by atoms with Crippen molar-refractivity contribution in [2.45, 2.75) is 25.3 Å². The minimum atomic E-state index is -0.0977. The van der Waals surface area contributed by atoms with Crippen molar-refractivity contribution < 1.29 is 4.79 Å². The van der Waals surface area contributed by atoms with Crippen LogP contribution >= 0.6 is 0 Å². The van der Waals surface area contributed by atoms with Crippen LogP contribution in [0.5, 0.6) is 0 Å². The predicted molar refractivity (Wildman–Crippen MR) is 88.7 cm³/mol. The number of hydrogen-bond acceptors (Lipinski definition) is 4. The molecule has 1 amide bonds. The minimum absolute atomic E-state index is 0.0694. The fraction of sp³-hybridized carbons (Fsp3) is 0.222. The molecule has 6 heteroatoms. The number of rotatable bonds is 3. The molecule has 1 atom stereocenters. The Kier molecular flexibility index (Phi) is 3.78. The molecule has 0 aliphatic heterocycles. The van der Waals surface area contributed by atoms with E-state index in [4.69, 9.17) is 0 Å². The van der Waals surface area contributed by atoms with Gasteiger partial charge in [0.25, 0.3) is 5.91 Å². The Balaban J connectivity index is 1.51. The Labute approximate surface area is 139 Å². The Morgan fingerprint density at radius 1 is 1.12 bits per heavy atom. The van der Waals surface area contributed by atoms with Crippen LogP contribution in [0.4, 0.5) is 0 Å². The maximum absolute atomic E-state index is 12.5. The summed E-state index contributed by atoms with van der Waals surface area (Å²) < 4.78 is 1.69. The van der Waals surface area contributed by atoms with E-state index in [9.17, 15) is 4.79 Å². The van der Waals surface area contributed by atoms with Crippen molar-refractivity contribution in [1.29, 1.82) is 0 Å². The van der Waals surface area contributed by atoms with Crippen molar-refractivity contribution in [2.75, 3.05) is 0 Å². The SMILES string of the molecule is O=C(NC1CCCc2ccccc21)c1ccc(-n2cnnc2)nc1. The summed E-state index contributed by atoms with van der Waals surface area (Å²) >= 11 is 0. The van der Waals surface area contributed by atoms with Crippen molar-refractivity contribution in [1.82, 2.24) is 25.1 Å². The van der Waals surface area contributed by atoms with Gasteiger partial charge in [-0.2, -0.15) is 0 Å². The van der Waals surface area contributed by atoms with E-state index in [0.717, 1.165) is 19.3 Å². The largest absolute Gasteiger partial charge is 0.345 e. The third-order valence-corrected chi connectivity index (χ3v) is 4.37. The first-order valence-electron chi connectivity index (χ1n) is 8.01. The number of pyridine rings is 1. The van der Waals surface area contributed by atoms with Crippen molar-refractivity contribution >= 4 is 5.91 Å². The molecule has 1 unspecified atom stereocenters. The van der Waals surface area contributed by atoms with Crippen LogP contribution in [0.15, 0.2) is 55.2 Å². The number of benzene rings is 1. The van der Waals surface area contributed by atoms with Gasteiger partial charge in [0, 0.05) is 6.20 Å². The summed E-state index contributed by atoms with van der Waals surface area (Å²) in [4.78, 5) is 16.8. The summed E-state index contributed by atoms with van der Waals surface area (Å²) in [7, 11) is 0. The first-order chi connectivity index (χ1) is 11.8. The quantitative estimate of drug-likeness (QED) is 0.805. The molecule has 0 spiro atoms. The van der Waals surface area contributed by atoms with Crippen LogP contribution in [0.1, 0.15) is 40.4 Å². The highest BCUT2D eigenvalue weighted by Gasteiger charge is 2.21. The molecule has 2 heterocycles. The van der Waals surface area contributed by atoms with Crippen LogP contribution in [0.3, 0.4) is 0 Å². The van der Waals surface area contributed by atoms with Gasteiger partial charge in [-0.25, -0.2) is 4.98 Å². The highest BCUT2D eigenvalue weighted by Crippen LogP contribution is 2.29. The van der Waals surface area contributed by atoms with E-state index in [0.29, 0.717) is 11.4 Å². The van der Waals surface area contributed by atoms with Gasteiger partial charge in [-0.1, -0.05) is 24.3 Å². The van der Waals surface area contributed by atoms with Gasteiger partial charge in [0.15, 0.2) is 0 Å². The lowest BCUT2D eigenvalue weighted by Crippen LogP contribution is -2.31. The number of fused-ring (bicyclic) bond motifs is 1. The number of amides is 1. The van der Waals surface area contributed by atoms with E-state index >= 15 is 0 Å². The van der Waals surface area contributed by atoms with Crippen LogP contribution in [-0.2, 0) is 6.42 Å². The van der Waals surface area contributed by atoms with Crippen molar-refractivity contribution in [3.05, 3.63) is 71.9 Å². The topological polar surface area (TPSA) is 72.7 Å². The first kappa shape index (κ1) is 14.6. The molecule has 0 saturated heterocycles. The monoisotopic (exact) mass is 319 g/mol. The van der Waals surface area contributed by atoms with Gasteiger partial charge in [0.2, 0.25) is 0 Å². The zero-order valence-corrected chi connectivity index (χ0v) is 13.1. The molecule has 2 aromatic heterocycles. The normalized spacial score (nSPS) is 16.4. The molecular formula is C18H17N5O. The van der Waals surface area contributed by atoms with Crippen molar-refractivity contribution in [3.63, 3.8) is 0 Å². The van der Waals surface area contributed by atoms with Crippen LogP contribution in [0.2, 0.25) is 0 Å². The number of carbonyl (C=O) groups is 1.